The second-order valence-corrected chi connectivity index (χ2v) is 4.09. The molecule has 0 bridgehead atoms. The highest BCUT2D eigenvalue weighted by Gasteiger charge is 2.10. The molecule has 1 aromatic heterocycles. The van der Waals surface area contributed by atoms with Gasteiger partial charge in [0.1, 0.15) is 0 Å². The van der Waals surface area contributed by atoms with E-state index < -0.39 is 0 Å². The van der Waals surface area contributed by atoms with Gasteiger partial charge in [0.2, 0.25) is 5.88 Å². The Morgan fingerprint density at radius 3 is 2.83 bits per heavy atom. The third-order valence-corrected chi connectivity index (χ3v) is 2.46. The first-order valence-corrected chi connectivity index (χ1v) is 6.46. The zero-order chi connectivity index (χ0) is 13.2. The van der Waals surface area contributed by atoms with Gasteiger partial charge in [0.05, 0.1) is 25.1 Å². The van der Waals surface area contributed by atoms with Gasteiger partial charge in [-0.3, -0.25) is 4.98 Å². The smallest absolute Gasteiger partial charge is 0.232 e. The van der Waals surface area contributed by atoms with Crippen LogP contribution < -0.4 is 10.1 Å². The van der Waals surface area contributed by atoms with E-state index in [0.29, 0.717) is 19.1 Å². The first-order valence-electron chi connectivity index (χ1n) is 6.46. The fraction of sp³-hybridized carbons (Fsp3) is 0.692. The van der Waals surface area contributed by atoms with Crippen LogP contribution in [-0.2, 0) is 11.2 Å². The van der Waals surface area contributed by atoms with E-state index >= 15 is 0 Å². The van der Waals surface area contributed by atoms with Gasteiger partial charge in [0.15, 0.2) is 0 Å². The van der Waals surface area contributed by atoms with Crippen LogP contribution in [0.4, 0.5) is 0 Å². The van der Waals surface area contributed by atoms with Crippen LogP contribution >= 0.6 is 0 Å². The molecule has 0 aliphatic heterocycles. The van der Waals surface area contributed by atoms with E-state index in [1.807, 2.05) is 6.92 Å². The summed E-state index contributed by atoms with van der Waals surface area (Å²) < 4.78 is 10.6. The van der Waals surface area contributed by atoms with Crippen molar-refractivity contribution in [1.29, 1.82) is 0 Å². The quantitative estimate of drug-likeness (QED) is 0.721. The number of aromatic nitrogens is 2. The van der Waals surface area contributed by atoms with E-state index in [0.717, 1.165) is 25.1 Å². The Kier molecular flexibility index (Phi) is 7.29. The van der Waals surface area contributed by atoms with Gasteiger partial charge in [-0.05, 0) is 19.9 Å². The van der Waals surface area contributed by atoms with E-state index in [1.54, 1.807) is 19.5 Å². The molecule has 1 rings (SSSR count). The molecular formula is C13H23N3O2. The van der Waals surface area contributed by atoms with Gasteiger partial charge in [0.25, 0.3) is 0 Å². The minimum absolute atomic E-state index is 0.265. The molecule has 1 unspecified atom stereocenters. The number of hydrogen-bond acceptors (Lipinski definition) is 5. The Morgan fingerprint density at radius 1 is 1.33 bits per heavy atom. The molecule has 0 aromatic carbocycles. The van der Waals surface area contributed by atoms with E-state index in [-0.39, 0.29) is 6.04 Å². The molecule has 102 valence electrons. The third kappa shape index (κ3) is 5.42. The zero-order valence-electron chi connectivity index (χ0n) is 11.5. The molecule has 0 fully saturated rings. The SMILES string of the molecule is CCCNC(COC)Cc1cncc(OCC)n1. The Labute approximate surface area is 109 Å². The van der Waals surface area contributed by atoms with Crippen LogP contribution in [0.2, 0.25) is 0 Å². The molecule has 0 aliphatic rings. The largest absolute Gasteiger partial charge is 0.477 e. The number of nitrogens with zero attached hydrogens (tertiary/aromatic N) is 2. The average molecular weight is 253 g/mol. The van der Waals surface area contributed by atoms with E-state index in [1.165, 1.54) is 0 Å². The summed E-state index contributed by atoms with van der Waals surface area (Å²) in [5, 5.41) is 3.44. The minimum Gasteiger partial charge on any atom is -0.477 e. The Morgan fingerprint density at radius 2 is 2.17 bits per heavy atom. The van der Waals surface area contributed by atoms with Crippen molar-refractivity contribution in [2.24, 2.45) is 0 Å². The van der Waals surface area contributed by atoms with Crippen LogP contribution in [0.15, 0.2) is 12.4 Å². The molecule has 0 amide bonds. The lowest BCUT2D eigenvalue weighted by Gasteiger charge is -2.17. The van der Waals surface area contributed by atoms with Crippen molar-refractivity contribution in [3.8, 4) is 5.88 Å². The van der Waals surface area contributed by atoms with Crippen molar-refractivity contribution in [3.05, 3.63) is 18.1 Å². The topological polar surface area (TPSA) is 56.3 Å². The van der Waals surface area contributed by atoms with Crippen LogP contribution in [0.5, 0.6) is 5.88 Å². The van der Waals surface area contributed by atoms with Crippen molar-refractivity contribution < 1.29 is 9.47 Å². The lowest BCUT2D eigenvalue weighted by Crippen LogP contribution is -2.36. The molecule has 1 aromatic rings. The van der Waals surface area contributed by atoms with Gasteiger partial charge in [-0.25, -0.2) is 4.98 Å². The van der Waals surface area contributed by atoms with Crippen LogP contribution in [0, 0.1) is 0 Å². The molecule has 1 atom stereocenters. The van der Waals surface area contributed by atoms with Crippen molar-refractivity contribution >= 4 is 0 Å². The second-order valence-electron chi connectivity index (χ2n) is 4.09. The molecular weight excluding hydrogens is 230 g/mol. The molecule has 1 heterocycles. The predicted molar refractivity (Wildman–Crippen MR) is 70.9 cm³/mol. The molecule has 1 N–H and O–H groups in total. The molecule has 0 aliphatic carbocycles. The molecule has 0 saturated heterocycles. The van der Waals surface area contributed by atoms with Gasteiger partial charge in [-0.2, -0.15) is 0 Å². The first kappa shape index (κ1) is 14.9. The van der Waals surface area contributed by atoms with Crippen LogP contribution in [0.3, 0.4) is 0 Å². The van der Waals surface area contributed by atoms with Gasteiger partial charge < -0.3 is 14.8 Å². The zero-order valence-corrected chi connectivity index (χ0v) is 11.5. The van der Waals surface area contributed by atoms with Gasteiger partial charge >= 0.3 is 0 Å². The predicted octanol–water partition coefficient (Wildman–Crippen LogP) is 1.43. The summed E-state index contributed by atoms with van der Waals surface area (Å²) in [7, 11) is 1.71. The lowest BCUT2D eigenvalue weighted by molar-refractivity contribution is 0.165. The molecule has 5 heteroatoms. The first-order chi connectivity index (χ1) is 8.80. The maximum Gasteiger partial charge on any atom is 0.232 e. The highest BCUT2D eigenvalue weighted by atomic mass is 16.5. The fourth-order valence-corrected chi connectivity index (χ4v) is 1.69. The summed E-state index contributed by atoms with van der Waals surface area (Å²) in [5.41, 5.74) is 0.923. The van der Waals surface area contributed by atoms with Crippen molar-refractivity contribution in [1.82, 2.24) is 15.3 Å². The van der Waals surface area contributed by atoms with Crippen LogP contribution in [0.1, 0.15) is 26.0 Å². The Bertz CT molecular complexity index is 334. The van der Waals surface area contributed by atoms with E-state index in [4.69, 9.17) is 9.47 Å². The summed E-state index contributed by atoms with van der Waals surface area (Å²) in [6.45, 7) is 6.33. The van der Waals surface area contributed by atoms with E-state index in [2.05, 4.69) is 22.2 Å². The Balaban J connectivity index is 2.58. The summed E-state index contributed by atoms with van der Waals surface area (Å²) >= 11 is 0. The van der Waals surface area contributed by atoms with Crippen LogP contribution in [0.25, 0.3) is 0 Å². The highest BCUT2D eigenvalue weighted by Crippen LogP contribution is 2.07. The minimum atomic E-state index is 0.265. The average Bonchev–Trinajstić information content (AvgIpc) is 2.37. The number of rotatable bonds is 9. The summed E-state index contributed by atoms with van der Waals surface area (Å²) in [6, 6.07) is 0.265. The van der Waals surface area contributed by atoms with Crippen LogP contribution in [-0.4, -0.2) is 42.9 Å². The van der Waals surface area contributed by atoms with E-state index in [9.17, 15) is 0 Å². The second kappa shape index (κ2) is 8.83. The third-order valence-electron chi connectivity index (χ3n) is 2.46. The maximum atomic E-state index is 5.34. The van der Waals surface area contributed by atoms with Gasteiger partial charge in [-0.15, -0.1) is 0 Å². The lowest BCUT2D eigenvalue weighted by atomic mass is 10.1. The Hall–Kier alpha value is -1.20. The molecule has 18 heavy (non-hydrogen) atoms. The van der Waals surface area contributed by atoms with Crippen molar-refractivity contribution in [2.75, 3.05) is 26.9 Å². The molecule has 0 radical (unpaired) electrons. The number of methoxy groups -OCH3 is 1. The summed E-state index contributed by atoms with van der Waals surface area (Å²) in [4.78, 5) is 8.55. The van der Waals surface area contributed by atoms with Crippen molar-refractivity contribution in [2.45, 2.75) is 32.7 Å². The fourth-order valence-electron chi connectivity index (χ4n) is 1.69. The number of ether oxygens (including phenoxy) is 2. The van der Waals surface area contributed by atoms with Crippen molar-refractivity contribution in [3.63, 3.8) is 0 Å². The molecule has 0 spiro atoms. The monoisotopic (exact) mass is 253 g/mol. The molecule has 0 saturated carbocycles. The number of hydrogen-bond donors (Lipinski definition) is 1. The summed E-state index contributed by atoms with van der Waals surface area (Å²) in [6.07, 6.45) is 5.31. The van der Waals surface area contributed by atoms with Gasteiger partial charge in [0, 0.05) is 25.8 Å². The van der Waals surface area contributed by atoms with Gasteiger partial charge in [-0.1, -0.05) is 6.92 Å². The standard InChI is InChI=1S/C13H23N3O2/c1-4-6-15-12(10-17-3)7-11-8-14-9-13(16-11)18-5-2/h8-9,12,15H,4-7,10H2,1-3H3. The molecule has 5 nitrogen and oxygen atoms in total. The normalized spacial score (nSPS) is 12.4. The number of nitrogens with one attached hydrogen (secondary N) is 1. The summed E-state index contributed by atoms with van der Waals surface area (Å²) in [5.74, 6) is 0.585. The maximum absolute atomic E-state index is 5.34. The highest BCUT2D eigenvalue weighted by molar-refractivity contribution is 5.09.